The van der Waals surface area contributed by atoms with Crippen LogP contribution in [0, 0.1) is 0 Å². The zero-order valence-corrected chi connectivity index (χ0v) is 10.5. The fraction of sp³-hybridized carbons (Fsp3) is 0.250. The van der Waals surface area contributed by atoms with Gasteiger partial charge in [0.15, 0.2) is 15.1 Å². The third-order valence-electron chi connectivity index (χ3n) is 2.34. The van der Waals surface area contributed by atoms with Crippen LogP contribution in [-0.2, 0) is 19.4 Å². The van der Waals surface area contributed by atoms with Crippen LogP contribution in [0.3, 0.4) is 0 Å². The molecule has 5 nitrogen and oxygen atoms in total. The summed E-state index contributed by atoms with van der Waals surface area (Å²) in [6.45, 7) is 3.30. The second kappa shape index (κ2) is 6.20. The summed E-state index contributed by atoms with van der Waals surface area (Å²) in [7, 11) is -3.89. The number of aliphatic carboxylic acids is 1. The van der Waals surface area contributed by atoms with E-state index < -0.39 is 21.1 Å². The molecule has 0 amide bonds. The number of benzene rings is 1. The number of sulfone groups is 1. The maximum absolute atomic E-state index is 12.1. The van der Waals surface area contributed by atoms with Gasteiger partial charge in [-0.05, 0) is 12.1 Å². The molecule has 0 aliphatic heterocycles. The Hall–Kier alpha value is -1.82. The first kappa shape index (κ1) is 14.2. The maximum atomic E-state index is 12.1. The monoisotopic (exact) mass is 270 g/mol. The molecular weight excluding hydrogens is 256 g/mol. The van der Waals surface area contributed by atoms with Crippen LogP contribution in [-0.4, -0.2) is 31.4 Å². The van der Waals surface area contributed by atoms with Crippen molar-refractivity contribution in [2.24, 2.45) is 0 Å². The average molecular weight is 270 g/mol. The predicted molar refractivity (Wildman–Crippen MR) is 65.8 cm³/mol. The van der Waals surface area contributed by atoms with Gasteiger partial charge < -0.3 is 9.84 Å². The molecule has 0 saturated carbocycles. The van der Waals surface area contributed by atoms with Crippen molar-refractivity contribution in [3.63, 3.8) is 0 Å². The van der Waals surface area contributed by atoms with E-state index in [1.165, 1.54) is 12.1 Å². The van der Waals surface area contributed by atoms with Crippen molar-refractivity contribution in [2.45, 2.75) is 16.6 Å². The molecule has 1 aromatic rings. The molecule has 0 fully saturated rings. The first-order valence-corrected chi connectivity index (χ1v) is 6.79. The third-order valence-corrected chi connectivity index (χ3v) is 4.45. The topological polar surface area (TPSA) is 80.7 Å². The highest BCUT2D eigenvalue weighted by Crippen LogP contribution is 2.18. The van der Waals surface area contributed by atoms with E-state index in [1.54, 1.807) is 18.2 Å². The van der Waals surface area contributed by atoms with Crippen molar-refractivity contribution in [3.8, 4) is 0 Å². The Bertz CT molecular complexity index is 507. The van der Waals surface area contributed by atoms with Crippen molar-refractivity contribution >= 4 is 15.8 Å². The van der Waals surface area contributed by atoms with Gasteiger partial charge in [0.25, 0.3) is 0 Å². The smallest absolute Gasteiger partial charge is 0.322 e. The van der Waals surface area contributed by atoms with Crippen LogP contribution in [0.2, 0.25) is 0 Å². The highest BCUT2D eigenvalue weighted by molar-refractivity contribution is 7.92. The molecule has 1 rings (SSSR count). The van der Waals surface area contributed by atoms with E-state index in [1.807, 2.05) is 0 Å². The van der Waals surface area contributed by atoms with Crippen LogP contribution in [0.25, 0.3) is 0 Å². The maximum Gasteiger partial charge on any atom is 0.322 e. The highest BCUT2D eigenvalue weighted by atomic mass is 32.2. The van der Waals surface area contributed by atoms with E-state index in [4.69, 9.17) is 9.84 Å². The summed E-state index contributed by atoms with van der Waals surface area (Å²) in [5.41, 5.74) is 0. The van der Waals surface area contributed by atoms with Gasteiger partial charge in [0, 0.05) is 6.42 Å². The van der Waals surface area contributed by atoms with E-state index >= 15 is 0 Å². The SMILES string of the molecule is C=COCCC(C(=O)O)S(=O)(=O)c1ccccc1. The number of rotatable bonds is 7. The van der Waals surface area contributed by atoms with Crippen molar-refractivity contribution in [3.05, 3.63) is 43.2 Å². The minimum absolute atomic E-state index is 0.00370. The lowest BCUT2D eigenvalue weighted by Gasteiger charge is -2.13. The van der Waals surface area contributed by atoms with Crippen LogP contribution < -0.4 is 0 Å². The van der Waals surface area contributed by atoms with Gasteiger partial charge in [0.05, 0.1) is 17.8 Å². The minimum atomic E-state index is -3.89. The predicted octanol–water partition coefficient (Wildman–Crippen LogP) is 1.46. The summed E-state index contributed by atoms with van der Waals surface area (Å²) >= 11 is 0. The molecule has 0 radical (unpaired) electrons. The second-order valence-corrected chi connectivity index (χ2v) is 5.64. The molecule has 98 valence electrons. The molecule has 0 saturated heterocycles. The molecule has 0 spiro atoms. The largest absolute Gasteiger partial charge is 0.502 e. The fourth-order valence-electron chi connectivity index (χ4n) is 1.44. The van der Waals surface area contributed by atoms with Crippen LogP contribution in [0.4, 0.5) is 0 Å². The molecule has 0 bridgehead atoms. The fourth-order valence-corrected chi connectivity index (χ4v) is 2.98. The molecule has 1 atom stereocenters. The molecule has 1 unspecified atom stereocenters. The molecule has 18 heavy (non-hydrogen) atoms. The molecule has 0 aliphatic carbocycles. The second-order valence-electron chi connectivity index (χ2n) is 3.51. The van der Waals surface area contributed by atoms with Gasteiger partial charge in [0.1, 0.15) is 0 Å². The van der Waals surface area contributed by atoms with E-state index in [9.17, 15) is 13.2 Å². The number of carbonyl (C=O) groups is 1. The number of ether oxygens (including phenoxy) is 1. The van der Waals surface area contributed by atoms with Crippen molar-refractivity contribution in [1.82, 2.24) is 0 Å². The van der Waals surface area contributed by atoms with Crippen molar-refractivity contribution < 1.29 is 23.1 Å². The Morgan fingerprint density at radius 2 is 2.00 bits per heavy atom. The number of hydrogen-bond acceptors (Lipinski definition) is 4. The van der Waals surface area contributed by atoms with Gasteiger partial charge in [-0.25, -0.2) is 8.42 Å². The van der Waals surface area contributed by atoms with Gasteiger partial charge >= 0.3 is 5.97 Å². The van der Waals surface area contributed by atoms with E-state index in [2.05, 4.69) is 6.58 Å². The Morgan fingerprint density at radius 1 is 1.39 bits per heavy atom. The molecule has 0 heterocycles. The van der Waals surface area contributed by atoms with Crippen LogP contribution in [0.5, 0.6) is 0 Å². The quantitative estimate of drug-likeness (QED) is 0.599. The average Bonchev–Trinajstić information content (AvgIpc) is 2.35. The Labute approximate surface area is 106 Å². The van der Waals surface area contributed by atoms with Crippen molar-refractivity contribution in [1.29, 1.82) is 0 Å². The Kier molecular flexibility index (Phi) is 4.91. The lowest BCUT2D eigenvalue weighted by Crippen LogP contribution is -2.31. The molecule has 6 heteroatoms. The molecule has 1 N–H and O–H groups in total. The lowest BCUT2D eigenvalue weighted by molar-refractivity contribution is -0.136. The third kappa shape index (κ3) is 3.33. The summed E-state index contributed by atoms with van der Waals surface area (Å²) in [6.07, 6.45) is 1.02. The van der Waals surface area contributed by atoms with Crippen molar-refractivity contribution in [2.75, 3.05) is 6.61 Å². The number of carboxylic acids is 1. The van der Waals surface area contributed by atoms with Gasteiger partial charge in [-0.3, -0.25) is 4.79 Å². The zero-order chi connectivity index (χ0) is 13.6. The normalized spacial score (nSPS) is 12.7. The van der Waals surface area contributed by atoms with Gasteiger partial charge in [-0.15, -0.1) is 0 Å². The summed E-state index contributed by atoms with van der Waals surface area (Å²) in [5, 5.41) is 7.49. The zero-order valence-electron chi connectivity index (χ0n) is 9.65. The molecule has 0 aromatic heterocycles. The lowest BCUT2D eigenvalue weighted by atomic mass is 10.3. The van der Waals surface area contributed by atoms with Crippen LogP contribution >= 0.6 is 0 Å². The number of hydrogen-bond donors (Lipinski definition) is 1. The van der Waals surface area contributed by atoms with Crippen LogP contribution in [0.1, 0.15) is 6.42 Å². The Balaban J connectivity index is 2.98. The minimum Gasteiger partial charge on any atom is -0.502 e. The highest BCUT2D eigenvalue weighted by Gasteiger charge is 2.33. The Morgan fingerprint density at radius 3 is 2.50 bits per heavy atom. The van der Waals surface area contributed by atoms with E-state index in [-0.39, 0.29) is 17.9 Å². The van der Waals surface area contributed by atoms with Crippen LogP contribution in [0.15, 0.2) is 48.1 Å². The summed E-state index contributed by atoms with van der Waals surface area (Å²) in [5.74, 6) is -1.38. The van der Waals surface area contributed by atoms with Gasteiger partial charge in [0.2, 0.25) is 0 Å². The summed E-state index contributed by atoms with van der Waals surface area (Å²) in [4.78, 5) is 11.0. The molecular formula is C12H14O5S. The van der Waals surface area contributed by atoms with Gasteiger partial charge in [-0.2, -0.15) is 0 Å². The van der Waals surface area contributed by atoms with E-state index in [0.717, 1.165) is 6.26 Å². The first-order chi connectivity index (χ1) is 8.50. The van der Waals surface area contributed by atoms with Gasteiger partial charge in [-0.1, -0.05) is 24.8 Å². The summed E-state index contributed by atoms with van der Waals surface area (Å²) in [6, 6.07) is 7.51. The molecule has 0 aliphatic rings. The first-order valence-electron chi connectivity index (χ1n) is 5.24. The van der Waals surface area contributed by atoms with E-state index in [0.29, 0.717) is 0 Å². The molecule has 1 aromatic carbocycles. The number of carboxylic acid groups (broad SMARTS) is 1. The standard InChI is InChI=1S/C12H14O5S/c1-2-17-9-8-11(12(13)14)18(15,16)10-6-4-3-5-7-10/h2-7,11H,1,8-9H2,(H,13,14). The summed E-state index contributed by atoms with van der Waals surface area (Å²) < 4.78 is 29.0.